The number of benzene rings is 1. The number of amides is 1. The first kappa shape index (κ1) is 23.3. The molecule has 2 aliphatic heterocycles. The Labute approximate surface area is 162 Å². The van der Waals surface area contributed by atoms with Gasteiger partial charge in [0.15, 0.2) is 0 Å². The van der Waals surface area contributed by atoms with E-state index in [1.54, 1.807) is 0 Å². The van der Waals surface area contributed by atoms with Crippen LogP contribution in [-0.4, -0.2) is 68.6 Å². The minimum atomic E-state index is 0. The minimum Gasteiger partial charge on any atom is -0.384 e. The molecular formula is C16H27Cl3N4O. The highest BCUT2D eigenvalue weighted by Crippen LogP contribution is 2.22. The average Bonchev–Trinajstić information content (AvgIpc) is 2.95. The van der Waals surface area contributed by atoms with Crippen molar-refractivity contribution in [3.8, 4) is 0 Å². The van der Waals surface area contributed by atoms with Crippen molar-refractivity contribution in [1.29, 1.82) is 0 Å². The van der Waals surface area contributed by atoms with E-state index in [9.17, 15) is 4.79 Å². The van der Waals surface area contributed by atoms with Crippen molar-refractivity contribution in [2.45, 2.75) is 12.5 Å². The van der Waals surface area contributed by atoms with Crippen LogP contribution in [0.5, 0.6) is 0 Å². The average molecular weight is 398 g/mol. The quantitative estimate of drug-likeness (QED) is 0.818. The maximum Gasteiger partial charge on any atom is 0.251 e. The predicted molar refractivity (Wildman–Crippen MR) is 107 cm³/mol. The number of anilines is 1. The van der Waals surface area contributed by atoms with E-state index in [0.717, 1.165) is 38.2 Å². The molecule has 2 N–H and O–H groups in total. The first-order valence-corrected chi connectivity index (χ1v) is 7.67. The minimum absolute atomic E-state index is 0. The summed E-state index contributed by atoms with van der Waals surface area (Å²) in [6, 6.07) is 6.33. The number of rotatable bonds is 3. The normalized spacial score (nSPS) is 19.8. The number of nitrogens with one attached hydrogen (secondary N) is 2. The standard InChI is InChI=1S/C16H24N4O.3ClH/c1-19-7-8-20(2)14(11-19)10-18-16(21)13-3-4-15-12(9-13)5-6-17-15;;;/h3-4,9,14,17H,5-8,10-11H2,1-2H3,(H,18,21);3*1H. The molecule has 3 rings (SSSR count). The first-order valence-electron chi connectivity index (χ1n) is 7.67. The number of likely N-dealkylation sites (N-methyl/N-ethyl adjacent to an activating group) is 2. The maximum atomic E-state index is 12.3. The number of fused-ring (bicyclic) bond motifs is 1. The van der Waals surface area contributed by atoms with Gasteiger partial charge in [-0.15, -0.1) is 37.2 Å². The SMILES string of the molecule is CN1CCN(C)C(CNC(=O)c2ccc3c(c2)CCN3)C1.Cl.Cl.Cl. The summed E-state index contributed by atoms with van der Waals surface area (Å²) in [6.07, 6.45) is 1.01. The highest BCUT2D eigenvalue weighted by molar-refractivity contribution is 5.95. The molecule has 0 aliphatic carbocycles. The smallest absolute Gasteiger partial charge is 0.251 e. The van der Waals surface area contributed by atoms with E-state index in [4.69, 9.17) is 0 Å². The Bertz CT molecular complexity index is 544. The Balaban J connectivity index is 0.00000176. The summed E-state index contributed by atoms with van der Waals surface area (Å²) in [6.45, 7) is 4.83. The number of nitrogens with zero attached hydrogens (tertiary/aromatic N) is 2. The number of hydrogen-bond donors (Lipinski definition) is 2. The van der Waals surface area contributed by atoms with Gasteiger partial charge in [-0.1, -0.05) is 0 Å². The van der Waals surface area contributed by atoms with Gasteiger partial charge in [0.05, 0.1) is 0 Å². The Morgan fingerprint density at radius 1 is 1.25 bits per heavy atom. The molecule has 1 aromatic carbocycles. The Morgan fingerprint density at radius 2 is 2.00 bits per heavy atom. The molecule has 2 aliphatic rings. The van der Waals surface area contributed by atoms with Crippen LogP contribution in [0.4, 0.5) is 5.69 Å². The van der Waals surface area contributed by atoms with E-state index in [0.29, 0.717) is 12.6 Å². The van der Waals surface area contributed by atoms with Gasteiger partial charge in [-0.2, -0.15) is 0 Å². The van der Waals surface area contributed by atoms with Crippen molar-refractivity contribution in [1.82, 2.24) is 15.1 Å². The third-order valence-corrected chi connectivity index (χ3v) is 4.56. The third-order valence-electron chi connectivity index (χ3n) is 4.56. The lowest BCUT2D eigenvalue weighted by Gasteiger charge is -2.37. The number of carbonyl (C=O) groups excluding carboxylic acids is 1. The molecule has 2 heterocycles. The topological polar surface area (TPSA) is 47.6 Å². The van der Waals surface area contributed by atoms with Crippen molar-refractivity contribution in [3.05, 3.63) is 29.3 Å². The van der Waals surface area contributed by atoms with Gasteiger partial charge in [0.25, 0.3) is 5.91 Å². The summed E-state index contributed by atoms with van der Waals surface area (Å²) in [4.78, 5) is 17.0. The molecule has 0 bridgehead atoms. The molecule has 1 atom stereocenters. The predicted octanol–water partition coefficient (Wildman–Crippen LogP) is 1.90. The van der Waals surface area contributed by atoms with E-state index in [2.05, 4.69) is 34.5 Å². The second kappa shape index (κ2) is 10.3. The van der Waals surface area contributed by atoms with Crippen LogP contribution in [0.2, 0.25) is 0 Å². The third kappa shape index (κ3) is 5.39. The van der Waals surface area contributed by atoms with Crippen LogP contribution in [0, 0.1) is 0 Å². The molecule has 1 unspecified atom stereocenters. The maximum absolute atomic E-state index is 12.3. The Hall–Kier alpha value is -0.720. The molecule has 138 valence electrons. The lowest BCUT2D eigenvalue weighted by Crippen LogP contribution is -2.54. The first-order chi connectivity index (χ1) is 10.1. The number of piperazine rings is 1. The highest BCUT2D eigenvalue weighted by atomic mass is 35.5. The van der Waals surface area contributed by atoms with Crippen molar-refractivity contribution >= 4 is 48.8 Å². The molecule has 0 aromatic heterocycles. The number of halogens is 3. The van der Waals surface area contributed by atoms with E-state index in [-0.39, 0.29) is 43.1 Å². The molecule has 5 nitrogen and oxygen atoms in total. The van der Waals surface area contributed by atoms with Gasteiger partial charge in [-0.05, 0) is 44.3 Å². The van der Waals surface area contributed by atoms with Crippen molar-refractivity contribution < 1.29 is 4.79 Å². The van der Waals surface area contributed by atoms with Crippen LogP contribution < -0.4 is 10.6 Å². The fourth-order valence-electron chi connectivity index (χ4n) is 3.08. The second-order valence-electron chi connectivity index (χ2n) is 6.16. The van der Waals surface area contributed by atoms with E-state index < -0.39 is 0 Å². The highest BCUT2D eigenvalue weighted by Gasteiger charge is 2.22. The van der Waals surface area contributed by atoms with Crippen molar-refractivity contribution in [2.75, 3.05) is 52.1 Å². The van der Waals surface area contributed by atoms with Crippen LogP contribution in [0.25, 0.3) is 0 Å². The molecule has 0 saturated carbocycles. The second-order valence-corrected chi connectivity index (χ2v) is 6.16. The van der Waals surface area contributed by atoms with Gasteiger partial charge >= 0.3 is 0 Å². The van der Waals surface area contributed by atoms with Crippen LogP contribution in [0.3, 0.4) is 0 Å². The number of carbonyl (C=O) groups is 1. The monoisotopic (exact) mass is 396 g/mol. The largest absolute Gasteiger partial charge is 0.384 e. The summed E-state index contributed by atoms with van der Waals surface area (Å²) in [7, 11) is 4.26. The van der Waals surface area contributed by atoms with Gasteiger partial charge < -0.3 is 15.5 Å². The van der Waals surface area contributed by atoms with Gasteiger partial charge in [-0.25, -0.2) is 0 Å². The van der Waals surface area contributed by atoms with Crippen molar-refractivity contribution in [2.24, 2.45) is 0 Å². The molecule has 1 aromatic rings. The molecule has 1 amide bonds. The Kier molecular flexibility index (Phi) is 10.0. The van der Waals surface area contributed by atoms with E-state index >= 15 is 0 Å². The van der Waals surface area contributed by atoms with Crippen molar-refractivity contribution in [3.63, 3.8) is 0 Å². The molecule has 0 spiro atoms. The molecule has 1 saturated heterocycles. The fourth-order valence-corrected chi connectivity index (χ4v) is 3.08. The van der Waals surface area contributed by atoms with Gasteiger partial charge in [0.2, 0.25) is 0 Å². The summed E-state index contributed by atoms with van der Waals surface area (Å²) >= 11 is 0. The molecule has 8 heteroatoms. The van der Waals surface area contributed by atoms with Crippen LogP contribution >= 0.6 is 37.2 Å². The van der Waals surface area contributed by atoms with Gasteiger partial charge in [0.1, 0.15) is 0 Å². The lowest BCUT2D eigenvalue weighted by atomic mass is 10.1. The summed E-state index contributed by atoms with van der Waals surface area (Å²) in [5, 5.41) is 6.40. The Morgan fingerprint density at radius 3 is 2.75 bits per heavy atom. The molecule has 1 fully saturated rings. The van der Waals surface area contributed by atoms with Gasteiger partial charge in [0, 0.05) is 50.0 Å². The van der Waals surface area contributed by atoms with Crippen LogP contribution in [0.15, 0.2) is 18.2 Å². The zero-order valence-electron chi connectivity index (χ0n) is 14.1. The summed E-state index contributed by atoms with van der Waals surface area (Å²) in [5.74, 6) is 0.0336. The zero-order chi connectivity index (χ0) is 14.8. The van der Waals surface area contributed by atoms with Crippen LogP contribution in [-0.2, 0) is 6.42 Å². The molecule has 0 radical (unpaired) electrons. The van der Waals surface area contributed by atoms with E-state index in [1.165, 1.54) is 11.3 Å². The molecule has 24 heavy (non-hydrogen) atoms. The summed E-state index contributed by atoms with van der Waals surface area (Å²) in [5.41, 5.74) is 3.18. The zero-order valence-corrected chi connectivity index (χ0v) is 16.5. The summed E-state index contributed by atoms with van der Waals surface area (Å²) < 4.78 is 0. The van der Waals surface area contributed by atoms with E-state index in [1.807, 2.05) is 18.2 Å². The molecular weight excluding hydrogens is 371 g/mol. The fraction of sp³-hybridized carbons (Fsp3) is 0.562. The van der Waals surface area contributed by atoms with Crippen LogP contribution in [0.1, 0.15) is 15.9 Å². The van der Waals surface area contributed by atoms with Gasteiger partial charge in [-0.3, -0.25) is 9.69 Å². The lowest BCUT2D eigenvalue weighted by molar-refractivity contribution is 0.0881. The number of hydrogen-bond acceptors (Lipinski definition) is 4.